The number of amides is 1. The molecule has 0 aliphatic carbocycles. The van der Waals surface area contributed by atoms with E-state index in [4.69, 9.17) is 4.74 Å². The van der Waals surface area contributed by atoms with Crippen molar-refractivity contribution >= 4 is 17.3 Å². The fourth-order valence-corrected chi connectivity index (χ4v) is 3.07. The fraction of sp³-hybridized carbons (Fsp3) is 0.588. The minimum Gasteiger partial charge on any atom is -0.380 e. The van der Waals surface area contributed by atoms with Crippen LogP contribution < -0.4 is 16.0 Å². The molecule has 1 aromatic carbocycles. The minimum atomic E-state index is -0.364. The van der Waals surface area contributed by atoms with E-state index in [1.165, 1.54) is 6.07 Å². The predicted molar refractivity (Wildman–Crippen MR) is 88.1 cm³/mol. The van der Waals surface area contributed by atoms with Gasteiger partial charge in [0.15, 0.2) is 0 Å². The van der Waals surface area contributed by atoms with Crippen molar-refractivity contribution in [3.8, 4) is 0 Å². The Morgan fingerprint density at radius 2 is 2.22 bits per heavy atom. The molecule has 2 aliphatic heterocycles. The third kappa shape index (κ3) is 4.42. The summed E-state index contributed by atoms with van der Waals surface area (Å²) in [7, 11) is 0. The zero-order valence-electron chi connectivity index (χ0n) is 13.2. The Morgan fingerprint density at radius 1 is 1.30 bits per heavy atom. The van der Waals surface area contributed by atoms with Crippen molar-refractivity contribution in [3.05, 3.63) is 24.0 Å². The highest BCUT2D eigenvalue weighted by Gasteiger charge is 2.21. The smallest absolute Gasteiger partial charge is 0.241 e. The van der Waals surface area contributed by atoms with Crippen molar-refractivity contribution in [1.82, 2.24) is 5.32 Å². The van der Waals surface area contributed by atoms with E-state index in [2.05, 4.69) is 16.0 Å². The lowest BCUT2D eigenvalue weighted by atomic mass is 10.0. The summed E-state index contributed by atoms with van der Waals surface area (Å²) in [6.45, 7) is 2.25. The summed E-state index contributed by atoms with van der Waals surface area (Å²) in [6.07, 6.45) is 5.21. The molecule has 0 aromatic heterocycles. The highest BCUT2D eigenvalue weighted by molar-refractivity contribution is 5.95. The highest BCUT2D eigenvalue weighted by Crippen LogP contribution is 2.21. The first kappa shape index (κ1) is 16.2. The molecule has 0 spiro atoms. The Balaban J connectivity index is 1.54. The maximum atomic E-state index is 14.1. The molecule has 1 unspecified atom stereocenters. The molecule has 0 saturated carbocycles. The van der Waals surface area contributed by atoms with Crippen molar-refractivity contribution in [3.63, 3.8) is 0 Å². The monoisotopic (exact) mass is 321 g/mol. The number of carbonyl (C=O) groups excluding carboxylic acids is 1. The van der Waals surface area contributed by atoms with E-state index < -0.39 is 0 Å². The van der Waals surface area contributed by atoms with Crippen LogP contribution in [0.25, 0.3) is 0 Å². The summed E-state index contributed by atoms with van der Waals surface area (Å²) >= 11 is 0. The number of piperidine rings is 1. The fourth-order valence-electron chi connectivity index (χ4n) is 3.07. The lowest BCUT2D eigenvalue weighted by Crippen LogP contribution is -2.43. The van der Waals surface area contributed by atoms with E-state index in [-0.39, 0.29) is 23.9 Å². The van der Waals surface area contributed by atoms with Crippen molar-refractivity contribution in [2.75, 3.05) is 30.3 Å². The minimum absolute atomic E-state index is 0.0934. The Labute approximate surface area is 136 Å². The molecule has 126 valence electrons. The number of ether oxygens (including phenoxy) is 1. The first-order valence-electron chi connectivity index (χ1n) is 8.41. The van der Waals surface area contributed by atoms with Crippen LogP contribution in [0.3, 0.4) is 0 Å². The molecule has 2 saturated heterocycles. The van der Waals surface area contributed by atoms with Gasteiger partial charge in [-0.25, -0.2) is 4.39 Å². The van der Waals surface area contributed by atoms with Gasteiger partial charge in [-0.05, 0) is 50.4 Å². The van der Waals surface area contributed by atoms with Gasteiger partial charge in [0.1, 0.15) is 5.82 Å². The summed E-state index contributed by atoms with van der Waals surface area (Å²) in [5.74, 6) is -0.457. The second-order valence-corrected chi connectivity index (χ2v) is 6.20. The van der Waals surface area contributed by atoms with Gasteiger partial charge in [-0.1, -0.05) is 6.42 Å². The van der Waals surface area contributed by atoms with E-state index in [1.807, 2.05) is 0 Å². The van der Waals surface area contributed by atoms with Gasteiger partial charge >= 0.3 is 0 Å². The van der Waals surface area contributed by atoms with E-state index in [9.17, 15) is 9.18 Å². The molecule has 0 bridgehead atoms. The quantitative estimate of drug-likeness (QED) is 0.780. The van der Waals surface area contributed by atoms with Gasteiger partial charge in [-0.15, -0.1) is 0 Å². The molecule has 6 heteroatoms. The Hall–Kier alpha value is -1.66. The molecule has 23 heavy (non-hydrogen) atoms. The molecular weight excluding hydrogens is 297 g/mol. The standard InChI is InChI=1S/C17H24FN3O2/c18-14-10-12(21-17(22)16-5-1-2-8-19-16)6-7-15(14)20-11-13-4-3-9-23-13/h6-7,10,13,16,19-20H,1-5,8-9,11H2,(H,21,22)/t13?,16-/m1/s1. The van der Waals surface area contributed by atoms with Gasteiger partial charge in [-0.2, -0.15) is 0 Å². The molecule has 3 rings (SSSR count). The van der Waals surface area contributed by atoms with Crippen molar-refractivity contribution < 1.29 is 13.9 Å². The van der Waals surface area contributed by atoms with Gasteiger partial charge in [0, 0.05) is 18.8 Å². The number of carbonyl (C=O) groups is 1. The summed E-state index contributed by atoms with van der Waals surface area (Å²) < 4.78 is 19.7. The van der Waals surface area contributed by atoms with Crippen LogP contribution in [-0.4, -0.2) is 37.7 Å². The number of hydrogen-bond donors (Lipinski definition) is 3. The summed E-state index contributed by atoms with van der Waals surface area (Å²) in [5.41, 5.74) is 0.928. The van der Waals surface area contributed by atoms with Crippen molar-refractivity contribution in [2.45, 2.75) is 44.2 Å². The topological polar surface area (TPSA) is 62.4 Å². The number of anilines is 2. The average molecular weight is 321 g/mol. The SMILES string of the molecule is O=C(Nc1ccc(NCC2CCCO2)c(F)c1)[C@H]1CCCCN1. The molecule has 3 N–H and O–H groups in total. The van der Waals surface area contributed by atoms with Crippen LogP contribution in [0.4, 0.5) is 15.8 Å². The van der Waals surface area contributed by atoms with Crippen LogP contribution in [0.15, 0.2) is 18.2 Å². The maximum Gasteiger partial charge on any atom is 0.241 e. The molecule has 2 atom stereocenters. The molecule has 1 amide bonds. The van der Waals surface area contributed by atoms with Crippen LogP contribution in [0, 0.1) is 5.82 Å². The predicted octanol–water partition coefficient (Wildman–Crippen LogP) is 2.50. The van der Waals surface area contributed by atoms with Crippen LogP contribution >= 0.6 is 0 Å². The number of nitrogens with one attached hydrogen (secondary N) is 3. The van der Waals surface area contributed by atoms with Crippen molar-refractivity contribution in [1.29, 1.82) is 0 Å². The second-order valence-electron chi connectivity index (χ2n) is 6.20. The Bertz CT molecular complexity index is 541. The summed E-state index contributed by atoms with van der Waals surface area (Å²) in [6, 6.07) is 4.57. The highest BCUT2D eigenvalue weighted by atomic mass is 19.1. The van der Waals surface area contributed by atoms with Crippen molar-refractivity contribution in [2.24, 2.45) is 0 Å². The number of rotatable bonds is 5. The number of halogens is 1. The normalized spacial score (nSPS) is 24.4. The van der Waals surface area contributed by atoms with Gasteiger partial charge < -0.3 is 20.7 Å². The van der Waals surface area contributed by atoms with E-state index in [1.54, 1.807) is 12.1 Å². The summed E-state index contributed by atoms with van der Waals surface area (Å²) in [4.78, 5) is 12.1. The number of benzene rings is 1. The first-order chi connectivity index (χ1) is 11.2. The molecule has 5 nitrogen and oxygen atoms in total. The third-order valence-electron chi connectivity index (χ3n) is 4.41. The first-order valence-corrected chi connectivity index (χ1v) is 8.41. The van der Waals surface area contributed by atoms with Gasteiger partial charge in [-0.3, -0.25) is 4.79 Å². The van der Waals surface area contributed by atoms with Crippen LogP contribution in [0.5, 0.6) is 0 Å². The van der Waals surface area contributed by atoms with E-state index >= 15 is 0 Å². The zero-order chi connectivity index (χ0) is 16.1. The molecular formula is C17H24FN3O2. The molecule has 2 heterocycles. The average Bonchev–Trinajstić information content (AvgIpc) is 3.08. The lowest BCUT2D eigenvalue weighted by molar-refractivity contribution is -0.118. The van der Waals surface area contributed by atoms with Crippen LogP contribution in [-0.2, 0) is 9.53 Å². The van der Waals surface area contributed by atoms with Crippen LogP contribution in [0.1, 0.15) is 32.1 Å². The number of hydrogen-bond acceptors (Lipinski definition) is 4. The van der Waals surface area contributed by atoms with E-state index in [0.717, 1.165) is 45.3 Å². The zero-order valence-corrected chi connectivity index (χ0v) is 13.2. The van der Waals surface area contributed by atoms with Gasteiger partial charge in [0.2, 0.25) is 5.91 Å². The largest absolute Gasteiger partial charge is 0.380 e. The lowest BCUT2D eigenvalue weighted by Gasteiger charge is -2.22. The van der Waals surface area contributed by atoms with Crippen LogP contribution in [0.2, 0.25) is 0 Å². The van der Waals surface area contributed by atoms with Gasteiger partial charge in [0.05, 0.1) is 17.8 Å². The Morgan fingerprint density at radius 3 is 2.91 bits per heavy atom. The second kappa shape index (κ2) is 7.75. The molecule has 2 aliphatic rings. The molecule has 0 radical (unpaired) electrons. The third-order valence-corrected chi connectivity index (χ3v) is 4.41. The van der Waals surface area contributed by atoms with Gasteiger partial charge in [0.25, 0.3) is 0 Å². The molecule has 1 aromatic rings. The molecule has 2 fully saturated rings. The van der Waals surface area contributed by atoms with E-state index in [0.29, 0.717) is 17.9 Å². The maximum absolute atomic E-state index is 14.1. The summed E-state index contributed by atoms with van der Waals surface area (Å²) in [5, 5.41) is 9.04. The Kier molecular flexibility index (Phi) is 5.46.